The van der Waals surface area contributed by atoms with Gasteiger partial charge in [-0.25, -0.2) is 4.79 Å². The topological polar surface area (TPSA) is 95.3 Å². The molecule has 1 aromatic carbocycles. The first-order chi connectivity index (χ1) is 16.6. The molecular weight excluding hydrogens is 508 g/mol. The zero-order valence-corrected chi connectivity index (χ0v) is 23.0. The zero-order chi connectivity index (χ0) is 25.7. The average Bonchev–Trinajstić information content (AvgIpc) is 3.39. The van der Waals surface area contributed by atoms with Crippen molar-refractivity contribution in [2.75, 3.05) is 17.7 Å². The molecular formula is C24H29ClN4O4S2. The molecule has 1 N–H and O–H groups in total. The minimum absolute atomic E-state index is 0.110. The summed E-state index contributed by atoms with van der Waals surface area (Å²) >= 11 is 8.88. The number of carbonyl (C=O) groups is 2. The van der Waals surface area contributed by atoms with Gasteiger partial charge >= 0.3 is 5.97 Å². The number of amides is 1. The first-order valence-corrected chi connectivity index (χ1v) is 13.4. The van der Waals surface area contributed by atoms with Gasteiger partial charge in [-0.1, -0.05) is 30.3 Å². The highest BCUT2D eigenvalue weighted by Crippen LogP contribution is 2.31. The average molecular weight is 537 g/mol. The van der Waals surface area contributed by atoms with E-state index >= 15 is 0 Å². The minimum atomic E-state index is -0.440. The fraction of sp³-hybridized carbons (Fsp3) is 0.417. The second-order valence-corrected chi connectivity index (χ2v) is 10.4. The van der Waals surface area contributed by atoms with Gasteiger partial charge in [-0.05, 0) is 63.4 Å². The van der Waals surface area contributed by atoms with Crippen LogP contribution in [0.1, 0.15) is 59.1 Å². The van der Waals surface area contributed by atoms with Crippen molar-refractivity contribution in [2.45, 2.75) is 52.3 Å². The summed E-state index contributed by atoms with van der Waals surface area (Å²) < 4.78 is 13.0. The Morgan fingerprint density at radius 2 is 1.89 bits per heavy atom. The minimum Gasteiger partial charge on any atom is -0.483 e. The normalized spacial score (nSPS) is 11.9. The number of carbonyl (C=O) groups excluding carboxylic acids is 2. The van der Waals surface area contributed by atoms with E-state index in [2.05, 4.69) is 15.5 Å². The van der Waals surface area contributed by atoms with Crippen LogP contribution in [0.4, 0.5) is 5.00 Å². The van der Waals surface area contributed by atoms with E-state index in [0.717, 1.165) is 27.4 Å². The molecule has 0 aliphatic carbocycles. The molecule has 2 aromatic heterocycles. The van der Waals surface area contributed by atoms with Crippen molar-refractivity contribution < 1.29 is 19.1 Å². The molecule has 1 amide bonds. The predicted octanol–water partition coefficient (Wildman–Crippen LogP) is 5.76. The molecule has 3 aromatic rings. The third-order valence-corrected chi connectivity index (χ3v) is 7.98. The van der Waals surface area contributed by atoms with Crippen molar-refractivity contribution in [3.8, 4) is 5.75 Å². The number of aromatic nitrogens is 3. The van der Waals surface area contributed by atoms with Crippen LogP contribution >= 0.6 is 34.7 Å². The van der Waals surface area contributed by atoms with Crippen molar-refractivity contribution in [1.82, 2.24) is 14.8 Å². The highest BCUT2D eigenvalue weighted by molar-refractivity contribution is 7.99. The number of thiophene rings is 1. The number of esters is 1. The Bertz CT molecular complexity index is 1200. The summed E-state index contributed by atoms with van der Waals surface area (Å²) in [5, 5.41) is 13.1. The number of nitrogens with one attached hydrogen (secondary N) is 1. The van der Waals surface area contributed by atoms with Gasteiger partial charge in [0, 0.05) is 16.9 Å². The lowest BCUT2D eigenvalue weighted by atomic mass is 10.1. The molecule has 0 saturated carbocycles. The fourth-order valence-electron chi connectivity index (χ4n) is 3.40. The van der Waals surface area contributed by atoms with Gasteiger partial charge in [0.15, 0.2) is 17.1 Å². The Kier molecular flexibility index (Phi) is 9.21. The Morgan fingerprint density at radius 3 is 2.51 bits per heavy atom. The lowest BCUT2D eigenvalue weighted by molar-refractivity contribution is -0.113. The predicted molar refractivity (Wildman–Crippen MR) is 140 cm³/mol. The van der Waals surface area contributed by atoms with Gasteiger partial charge in [0.1, 0.15) is 10.8 Å². The quantitative estimate of drug-likeness (QED) is 0.260. The Labute approximate surface area is 218 Å². The molecule has 0 saturated heterocycles. The van der Waals surface area contributed by atoms with E-state index in [1.807, 2.05) is 51.4 Å². The van der Waals surface area contributed by atoms with Crippen LogP contribution in [0.3, 0.4) is 0 Å². The van der Waals surface area contributed by atoms with E-state index in [4.69, 9.17) is 21.1 Å². The summed E-state index contributed by atoms with van der Waals surface area (Å²) in [6.07, 6.45) is 0.403. The molecule has 188 valence electrons. The summed E-state index contributed by atoms with van der Waals surface area (Å²) in [4.78, 5) is 25.9. The van der Waals surface area contributed by atoms with Gasteiger partial charge in [-0.3, -0.25) is 4.79 Å². The second kappa shape index (κ2) is 11.9. The van der Waals surface area contributed by atoms with E-state index in [9.17, 15) is 9.59 Å². The SMILES string of the molecule is CCOC(=O)c1cc(CC)sc1NC(=O)CSc1nnc(C(C)Oc2cc(C)c(Cl)c(C)c2)n1C. The Hall–Kier alpha value is -2.56. The first-order valence-electron chi connectivity index (χ1n) is 11.2. The largest absolute Gasteiger partial charge is 0.483 e. The molecule has 35 heavy (non-hydrogen) atoms. The van der Waals surface area contributed by atoms with Gasteiger partial charge in [0.05, 0.1) is 17.9 Å². The van der Waals surface area contributed by atoms with Crippen LogP contribution in [0.15, 0.2) is 23.4 Å². The molecule has 0 fully saturated rings. The number of rotatable bonds is 10. The number of halogens is 1. The van der Waals surface area contributed by atoms with Crippen LogP contribution in [0, 0.1) is 13.8 Å². The Morgan fingerprint density at radius 1 is 1.20 bits per heavy atom. The van der Waals surface area contributed by atoms with Gasteiger partial charge in [-0.2, -0.15) is 0 Å². The summed E-state index contributed by atoms with van der Waals surface area (Å²) in [6, 6.07) is 5.55. The van der Waals surface area contributed by atoms with E-state index < -0.39 is 5.97 Å². The highest BCUT2D eigenvalue weighted by Gasteiger charge is 2.21. The van der Waals surface area contributed by atoms with Crippen LogP contribution in [-0.2, 0) is 23.0 Å². The van der Waals surface area contributed by atoms with Crippen LogP contribution in [0.2, 0.25) is 5.02 Å². The maximum absolute atomic E-state index is 12.6. The van der Waals surface area contributed by atoms with Crippen molar-refractivity contribution in [3.05, 3.63) is 50.6 Å². The molecule has 0 aliphatic heterocycles. The van der Waals surface area contributed by atoms with Crippen molar-refractivity contribution in [2.24, 2.45) is 7.05 Å². The van der Waals surface area contributed by atoms with Gasteiger partial charge in [-0.15, -0.1) is 21.5 Å². The fourth-order valence-corrected chi connectivity index (χ4v) is 5.23. The molecule has 1 atom stereocenters. The lowest BCUT2D eigenvalue weighted by Gasteiger charge is -2.16. The summed E-state index contributed by atoms with van der Waals surface area (Å²) in [6.45, 7) is 9.77. The van der Waals surface area contributed by atoms with E-state index in [-0.39, 0.29) is 24.4 Å². The molecule has 3 rings (SSSR count). The zero-order valence-electron chi connectivity index (χ0n) is 20.6. The molecule has 0 radical (unpaired) electrons. The monoisotopic (exact) mass is 536 g/mol. The van der Waals surface area contributed by atoms with Crippen molar-refractivity contribution in [3.63, 3.8) is 0 Å². The number of hydrogen-bond acceptors (Lipinski definition) is 8. The van der Waals surface area contributed by atoms with Gasteiger partial charge < -0.3 is 19.4 Å². The number of thioether (sulfide) groups is 1. The maximum atomic E-state index is 12.6. The third kappa shape index (κ3) is 6.56. The molecule has 0 bridgehead atoms. The molecule has 0 spiro atoms. The molecule has 2 heterocycles. The van der Waals surface area contributed by atoms with Gasteiger partial charge in [0.2, 0.25) is 5.91 Å². The van der Waals surface area contributed by atoms with Crippen LogP contribution in [0.25, 0.3) is 0 Å². The highest BCUT2D eigenvalue weighted by atomic mass is 35.5. The van der Waals surface area contributed by atoms with Crippen LogP contribution in [-0.4, -0.2) is 39.0 Å². The number of anilines is 1. The number of benzene rings is 1. The molecule has 1 unspecified atom stereocenters. The third-order valence-electron chi connectivity index (χ3n) is 5.17. The van der Waals surface area contributed by atoms with E-state index in [0.29, 0.717) is 27.3 Å². The summed E-state index contributed by atoms with van der Waals surface area (Å²) in [5.41, 5.74) is 2.26. The van der Waals surface area contributed by atoms with Crippen molar-refractivity contribution in [1.29, 1.82) is 0 Å². The Balaban J connectivity index is 1.64. The standard InChI is InChI=1S/C24H29ClN4O4S2/c1-7-17-11-18(23(31)32-8-2)22(35-17)26-19(30)12-34-24-28-27-21(29(24)6)15(5)33-16-9-13(3)20(25)14(4)10-16/h9-11,15H,7-8,12H2,1-6H3,(H,26,30). The summed E-state index contributed by atoms with van der Waals surface area (Å²) in [7, 11) is 1.83. The number of nitrogens with zero attached hydrogens (tertiary/aromatic N) is 3. The molecule has 8 nitrogen and oxygen atoms in total. The first kappa shape index (κ1) is 27.0. The molecule has 0 aliphatic rings. The smallest absolute Gasteiger partial charge is 0.341 e. The maximum Gasteiger partial charge on any atom is 0.341 e. The molecule has 11 heteroatoms. The number of ether oxygens (including phenoxy) is 2. The van der Waals surface area contributed by atoms with E-state index in [1.165, 1.54) is 23.1 Å². The number of hydrogen-bond donors (Lipinski definition) is 1. The van der Waals surface area contributed by atoms with Crippen LogP contribution in [0.5, 0.6) is 5.75 Å². The van der Waals surface area contributed by atoms with Crippen LogP contribution < -0.4 is 10.1 Å². The van der Waals surface area contributed by atoms with E-state index in [1.54, 1.807) is 13.0 Å². The summed E-state index contributed by atoms with van der Waals surface area (Å²) in [5.74, 6) is 0.760. The lowest BCUT2D eigenvalue weighted by Crippen LogP contribution is -2.16. The van der Waals surface area contributed by atoms with Gasteiger partial charge in [0.25, 0.3) is 0 Å². The number of aryl methyl sites for hydroxylation is 3. The second-order valence-electron chi connectivity index (χ2n) is 7.90. The van der Waals surface area contributed by atoms with Crippen molar-refractivity contribution >= 4 is 51.6 Å².